The van der Waals surface area contributed by atoms with Crippen LogP contribution in [0.1, 0.15) is 38.2 Å². The van der Waals surface area contributed by atoms with Crippen LogP contribution in [0.15, 0.2) is 64.6 Å². The lowest BCUT2D eigenvalue weighted by molar-refractivity contribution is -0.132. The molecule has 2 aliphatic heterocycles. The van der Waals surface area contributed by atoms with Crippen molar-refractivity contribution in [3.63, 3.8) is 0 Å². The fraction of sp³-hybridized carbons (Fsp3) is 0.375. The molecule has 0 bridgehead atoms. The highest BCUT2D eigenvalue weighted by Crippen LogP contribution is 2.24. The smallest absolute Gasteiger partial charge is 0.271 e. The van der Waals surface area contributed by atoms with Crippen LogP contribution in [-0.2, 0) is 26.2 Å². The zero-order valence-corrected chi connectivity index (χ0v) is 19.4. The van der Waals surface area contributed by atoms with Crippen molar-refractivity contribution in [3.05, 3.63) is 60.2 Å². The molecule has 33 heavy (non-hydrogen) atoms. The van der Waals surface area contributed by atoms with Gasteiger partial charge in [-0.05, 0) is 48.6 Å². The number of piperidine rings is 1. The van der Waals surface area contributed by atoms with E-state index < -0.39 is 15.9 Å². The summed E-state index contributed by atoms with van der Waals surface area (Å²) in [6.07, 6.45) is 2.19. The first kappa shape index (κ1) is 23.1. The maximum Gasteiger partial charge on any atom is 0.271 e. The highest BCUT2D eigenvalue weighted by Gasteiger charge is 2.28. The lowest BCUT2D eigenvalue weighted by Crippen LogP contribution is -2.37. The van der Waals surface area contributed by atoms with E-state index in [0.717, 1.165) is 18.4 Å². The summed E-state index contributed by atoms with van der Waals surface area (Å²) in [6, 6.07) is 15.6. The molecule has 2 heterocycles. The molecule has 1 fully saturated rings. The van der Waals surface area contributed by atoms with Crippen molar-refractivity contribution in [1.82, 2.24) is 9.31 Å². The molecule has 1 N–H and O–H groups in total. The van der Waals surface area contributed by atoms with Gasteiger partial charge in [-0.2, -0.15) is 9.41 Å². The van der Waals surface area contributed by atoms with Gasteiger partial charge < -0.3 is 5.32 Å². The Labute approximate surface area is 194 Å². The Bertz CT molecular complexity index is 1140. The first-order valence-corrected chi connectivity index (χ1v) is 12.6. The normalized spacial score (nSPS) is 18.2. The minimum atomic E-state index is -3.54. The molecule has 1 saturated heterocycles. The van der Waals surface area contributed by atoms with Crippen LogP contribution < -0.4 is 5.32 Å². The molecule has 0 unspecified atom stereocenters. The molecule has 9 heteroatoms. The first-order valence-electron chi connectivity index (χ1n) is 11.2. The topological polar surface area (TPSA) is 99.2 Å². The predicted octanol–water partition coefficient (Wildman–Crippen LogP) is 3.22. The van der Waals surface area contributed by atoms with Gasteiger partial charge in [0.25, 0.3) is 5.91 Å². The van der Waals surface area contributed by atoms with Gasteiger partial charge in [0.05, 0.1) is 11.4 Å². The maximum atomic E-state index is 12.9. The Kier molecular flexibility index (Phi) is 6.90. The summed E-state index contributed by atoms with van der Waals surface area (Å²) in [4.78, 5) is 25.2. The molecule has 0 spiro atoms. The number of nitrogens with one attached hydrogen (secondary N) is 1. The van der Waals surface area contributed by atoms with Crippen molar-refractivity contribution in [2.45, 2.75) is 44.0 Å². The third-order valence-electron chi connectivity index (χ3n) is 6.03. The number of nitrogens with zero attached hydrogens (tertiary/aromatic N) is 3. The minimum absolute atomic E-state index is 0.128. The van der Waals surface area contributed by atoms with Crippen LogP contribution in [-0.4, -0.2) is 48.3 Å². The van der Waals surface area contributed by atoms with Gasteiger partial charge >= 0.3 is 0 Å². The van der Waals surface area contributed by atoms with Crippen molar-refractivity contribution < 1.29 is 18.0 Å². The molecule has 0 radical (unpaired) electrons. The van der Waals surface area contributed by atoms with Gasteiger partial charge in [-0.25, -0.2) is 13.4 Å². The Morgan fingerprint density at radius 1 is 1.03 bits per heavy atom. The van der Waals surface area contributed by atoms with E-state index in [0.29, 0.717) is 31.2 Å². The monoisotopic (exact) mass is 468 g/mol. The Balaban J connectivity index is 1.42. The van der Waals surface area contributed by atoms with E-state index in [4.69, 9.17) is 0 Å². The van der Waals surface area contributed by atoms with E-state index in [1.807, 2.05) is 30.3 Å². The number of sulfonamides is 1. The summed E-state index contributed by atoms with van der Waals surface area (Å²) < 4.78 is 27.3. The molecular formula is C24H28N4O4S. The van der Waals surface area contributed by atoms with Crippen molar-refractivity contribution >= 4 is 33.2 Å². The van der Waals surface area contributed by atoms with Crippen LogP contribution in [0.5, 0.6) is 0 Å². The van der Waals surface area contributed by atoms with Crippen LogP contribution in [0.4, 0.5) is 5.69 Å². The van der Waals surface area contributed by atoms with Crippen molar-refractivity contribution in [1.29, 1.82) is 0 Å². The lowest BCUT2D eigenvalue weighted by Gasteiger charge is -2.29. The molecule has 174 valence electrons. The quantitative estimate of drug-likeness (QED) is 0.704. The second-order valence-electron chi connectivity index (χ2n) is 8.55. The number of carbonyl (C=O) groups is 2. The molecule has 4 rings (SSSR count). The minimum Gasteiger partial charge on any atom is -0.321 e. The second kappa shape index (κ2) is 9.84. The van der Waals surface area contributed by atoms with Crippen molar-refractivity contribution in [2.24, 2.45) is 11.0 Å². The molecule has 0 aromatic heterocycles. The molecule has 0 saturated carbocycles. The van der Waals surface area contributed by atoms with Crippen molar-refractivity contribution in [3.8, 4) is 0 Å². The number of hydrogen-bond donors (Lipinski definition) is 1. The van der Waals surface area contributed by atoms with Crippen LogP contribution >= 0.6 is 0 Å². The Morgan fingerprint density at radius 3 is 2.36 bits per heavy atom. The summed E-state index contributed by atoms with van der Waals surface area (Å²) in [7, 11) is -3.54. The average molecular weight is 469 g/mol. The Morgan fingerprint density at radius 2 is 1.70 bits per heavy atom. The van der Waals surface area contributed by atoms with E-state index in [-0.39, 0.29) is 29.4 Å². The van der Waals surface area contributed by atoms with Gasteiger partial charge in [-0.3, -0.25) is 9.59 Å². The van der Waals surface area contributed by atoms with Gasteiger partial charge in [-0.1, -0.05) is 37.3 Å². The van der Waals surface area contributed by atoms with Gasteiger partial charge in [-0.15, -0.1) is 0 Å². The molecule has 2 aromatic carbocycles. The predicted molar refractivity (Wildman–Crippen MR) is 126 cm³/mol. The number of carbonyl (C=O) groups excluding carboxylic acids is 2. The molecular weight excluding hydrogens is 440 g/mol. The van der Waals surface area contributed by atoms with E-state index in [2.05, 4.69) is 17.3 Å². The van der Waals surface area contributed by atoms with Gasteiger partial charge in [0, 0.05) is 31.6 Å². The summed E-state index contributed by atoms with van der Waals surface area (Å²) in [5.41, 5.74) is 1.67. The zero-order valence-electron chi connectivity index (χ0n) is 18.6. The molecule has 2 aliphatic rings. The van der Waals surface area contributed by atoms with E-state index >= 15 is 0 Å². The summed E-state index contributed by atoms with van der Waals surface area (Å²) in [6.45, 7) is 3.49. The second-order valence-corrected chi connectivity index (χ2v) is 10.5. The van der Waals surface area contributed by atoms with Crippen molar-refractivity contribution in [2.75, 3.05) is 18.4 Å². The average Bonchev–Trinajstić information content (AvgIpc) is 2.82. The highest BCUT2D eigenvalue weighted by atomic mass is 32.2. The number of hydrazone groups is 1. The largest absolute Gasteiger partial charge is 0.321 e. The summed E-state index contributed by atoms with van der Waals surface area (Å²) >= 11 is 0. The molecule has 0 atom stereocenters. The standard InChI is InChI=1S/C24H28N4O4S/c1-18-13-15-27(16-14-18)33(31,32)21-9-7-20(8-10-21)25-24(30)22-11-12-23(29)28(26-22)17-19-5-3-2-4-6-19/h2-10,18H,11-17H2,1H3,(H,25,30). The highest BCUT2D eigenvalue weighted by molar-refractivity contribution is 7.89. The van der Waals surface area contributed by atoms with Crippen LogP contribution in [0, 0.1) is 5.92 Å². The lowest BCUT2D eigenvalue weighted by atomic mass is 10.0. The SMILES string of the molecule is CC1CCN(S(=O)(=O)c2ccc(NC(=O)C3=NN(Cc4ccccc4)C(=O)CC3)cc2)CC1. The third kappa shape index (κ3) is 5.48. The number of benzene rings is 2. The Hall–Kier alpha value is -3.04. The van der Waals surface area contributed by atoms with E-state index in [9.17, 15) is 18.0 Å². The molecule has 0 aliphatic carbocycles. The number of amides is 2. The third-order valence-corrected chi connectivity index (χ3v) is 7.95. The maximum absolute atomic E-state index is 12.9. The van der Waals surface area contributed by atoms with Crippen LogP contribution in [0.3, 0.4) is 0 Å². The molecule has 2 amide bonds. The molecule has 8 nitrogen and oxygen atoms in total. The van der Waals surface area contributed by atoms with Gasteiger partial charge in [0.1, 0.15) is 5.71 Å². The van der Waals surface area contributed by atoms with Crippen LogP contribution in [0.2, 0.25) is 0 Å². The molecule has 2 aromatic rings. The van der Waals surface area contributed by atoms with Gasteiger partial charge in [0.2, 0.25) is 15.9 Å². The summed E-state index contributed by atoms with van der Waals surface area (Å²) in [5.74, 6) is 0.00825. The van der Waals surface area contributed by atoms with E-state index in [1.165, 1.54) is 21.4 Å². The summed E-state index contributed by atoms with van der Waals surface area (Å²) in [5, 5.41) is 8.35. The number of rotatable bonds is 6. The fourth-order valence-electron chi connectivity index (χ4n) is 3.93. The van der Waals surface area contributed by atoms with E-state index in [1.54, 1.807) is 12.1 Å². The zero-order chi connectivity index (χ0) is 23.4. The number of anilines is 1. The number of hydrogen-bond acceptors (Lipinski definition) is 5. The first-order chi connectivity index (χ1) is 15.8. The fourth-order valence-corrected chi connectivity index (χ4v) is 5.40. The van der Waals surface area contributed by atoms with Crippen LogP contribution in [0.25, 0.3) is 0 Å². The van der Waals surface area contributed by atoms with Gasteiger partial charge in [0.15, 0.2) is 0 Å².